The lowest BCUT2D eigenvalue weighted by molar-refractivity contribution is -0.125. The molecule has 17 heavy (non-hydrogen) atoms. The summed E-state index contributed by atoms with van der Waals surface area (Å²) in [5, 5.41) is 0. The second-order valence-corrected chi connectivity index (χ2v) is 5.81. The number of carbonyl (C=O) groups excluding carboxylic acids is 2. The maximum Gasteiger partial charge on any atom is 0.173 e. The molecule has 1 aromatic carbocycles. The van der Waals surface area contributed by atoms with E-state index in [0.29, 0.717) is 4.47 Å². The number of halogens is 2. The molecule has 0 atom stereocenters. The van der Waals surface area contributed by atoms with Crippen LogP contribution in [0.5, 0.6) is 0 Å². The first-order chi connectivity index (χ1) is 7.71. The smallest absolute Gasteiger partial charge is 0.173 e. The van der Waals surface area contributed by atoms with Gasteiger partial charge in [0.05, 0.1) is 12.0 Å². The Bertz CT molecular complexity index is 461. The Morgan fingerprint density at radius 3 is 2.41 bits per heavy atom. The Morgan fingerprint density at radius 1 is 1.29 bits per heavy atom. The first-order valence-corrected chi connectivity index (χ1v) is 6.02. The van der Waals surface area contributed by atoms with Crippen molar-refractivity contribution in [3.8, 4) is 0 Å². The summed E-state index contributed by atoms with van der Waals surface area (Å²) in [6.07, 6.45) is -0.267. The SMILES string of the molecule is CC(C)(C)C(=O)CC(=O)c1cc(Br)ccc1F. The van der Waals surface area contributed by atoms with E-state index in [9.17, 15) is 14.0 Å². The second kappa shape index (κ2) is 5.08. The fourth-order valence-corrected chi connectivity index (χ4v) is 1.58. The predicted molar refractivity (Wildman–Crippen MR) is 67.5 cm³/mol. The Balaban J connectivity index is 2.91. The van der Waals surface area contributed by atoms with Crippen LogP contribution in [0.3, 0.4) is 0 Å². The molecule has 0 unspecified atom stereocenters. The molecule has 1 rings (SSSR count). The Hall–Kier alpha value is -1.03. The maximum absolute atomic E-state index is 13.4. The van der Waals surface area contributed by atoms with Crippen molar-refractivity contribution in [2.75, 3.05) is 0 Å². The van der Waals surface area contributed by atoms with E-state index in [0.717, 1.165) is 0 Å². The third kappa shape index (κ3) is 3.73. The first kappa shape index (κ1) is 14.0. The van der Waals surface area contributed by atoms with E-state index in [4.69, 9.17) is 0 Å². The summed E-state index contributed by atoms with van der Waals surface area (Å²) in [6.45, 7) is 5.21. The molecule has 0 aliphatic carbocycles. The van der Waals surface area contributed by atoms with Crippen LogP contribution in [-0.4, -0.2) is 11.6 Å². The van der Waals surface area contributed by atoms with E-state index in [1.54, 1.807) is 20.8 Å². The number of carbonyl (C=O) groups is 2. The van der Waals surface area contributed by atoms with Gasteiger partial charge in [0.2, 0.25) is 0 Å². The number of ketones is 2. The van der Waals surface area contributed by atoms with Crippen LogP contribution in [0.1, 0.15) is 37.6 Å². The van der Waals surface area contributed by atoms with Crippen LogP contribution in [0.15, 0.2) is 22.7 Å². The third-order valence-electron chi connectivity index (χ3n) is 2.39. The Kier molecular flexibility index (Phi) is 4.20. The molecule has 92 valence electrons. The molecule has 4 heteroatoms. The van der Waals surface area contributed by atoms with Crippen molar-refractivity contribution in [2.45, 2.75) is 27.2 Å². The third-order valence-corrected chi connectivity index (χ3v) is 2.88. The topological polar surface area (TPSA) is 34.1 Å². The van der Waals surface area contributed by atoms with E-state index in [1.165, 1.54) is 18.2 Å². The number of benzene rings is 1. The van der Waals surface area contributed by atoms with Crippen molar-refractivity contribution < 1.29 is 14.0 Å². The summed E-state index contributed by atoms with van der Waals surface area (Å²) in [6, 6.07) is 4.12. The molecule has 0 saturated heterocycles. The van der Waals surface area contributed by atoms with Gasteiger partial charge in [0.25, 0.3) is 0 Å². The van der Waals surface area contributed by atoms with Gasteiger partial charge in [-0.05, 0) is 18.2 Å². The van der Waals surface area contributed by atoms with Crippen molar-refractivity contribution in [1.29, 1.82) is 0 Å². The highest BCUT2D eigenvalue weighted by atomic mass is 79.9. The monoisotopic (exact) mass is 300 g/mol. The van der Waals surface area contributed by atoms with Crippen LogP contribution in [0.4, 0.5) is 4.39 Å². The van der Waals surface area contributed by atoms with Crippen LogP contribution in [0.25, 0.3) is 0 Å². The summed E-state index contributed by atoms with van der Waals surface area (Å²) in [5.41, 5.74) is -0.630. The highest BCUT2D eigenvalue weighted by molar-refractivity contribution is 9.10. The van der Waals surface area contributed by atoms with E-state index in [-0.39, 0.29) is 17.8 Å². The molecule has 0 aliphatic heterocycles. The average Bonchev–Trinajstić information content (AvgIpc) is 2.20. The van der Waals surface area contributed by atoms with Crippen molar-refractivity contribution in [1.82, 2.24) is 0 Å². The molecule has 0 spiro atoms. The van der Waals surface area contributed by atoms with Crippen molar-refractivity contribution in [3.05, 3.63) is 34.1 Å². The predicted octanol–water partition coefficient (Wildman–Crippen LogP) is 3.78. The van der Waals surface area contributed by atoms with Crippen LogP contribution in [-0.2, 0) is 4.79 Å². The number of Topliss-reactive ketones (excluding diaryl/α,β-unsaturated/α-hetero) is 2. The van der Waals surface area contributed by atoms with Gasteiger partial charge in [-0.25, -0.2) is 4.39 Å². The Morgan fingerprint density at radius 2 is 1.88 bits per heavy atom. The highest BCUT2D eigenvalue weighted by Gasteiger charge is 2.25. The van der Waals surface area contributed by atoms with Gasteiger partial charge in [-0.1, -0.05) is 36.7 Å². The fourth-order valence-electron chi connectivity index (χ4n) is 1.22. The van der Waals surface area contributed by atoms with Gasteiger partial charge < -0.3 is 0 Å². The molecular formula is C13H14BrFO2. The zero-order chi connectivity index (χ0) is 13.2. The largest absolute Gasteiger partial charge is 0.299 e. The lowest BCUT2D eigenvalue weighted by atomic mass is 9.87. The number of hydrogen-bond acceptors (Lipinski definition) is 2. The molecule has 0 N–H and O–H groups in total. The second-order valence-electron chi connectivity index (χ2n) is 4.90. The molecule has 1 aromatic rings. The van der Waals surface area contributed by atoms with Crippen LogP contribution in [0.2, 0.25) is 0 Å². The van der Waals surface area contributed by atoms with Gasteiger partial charge in [-0.3, -0.25) is 9.59 Å². The number of rotatable bonds is 3. The number of hydrogen-bond donors (Lipinski definition) is 0. The van der Waals surface area contributed by atoms with E-state index in [2.05, 4.69) is 15.9 Å². The molecular weight excluding hydrogens is 287 g/mol. The maximum atomic E-state index is 13.4. The lowest BCUT2D eigenvalue weighted by Crippen LogP contribution is -2.23. The standard InChI is InChI=1S/C13H14BrFO2/c1-13(2,3)12(17)7-11(16)9-6-8(14)4-5-10(9)15/h4-6H,7H2,1-3H3. The molecule has 0 aromatic heterocycles. The van der Waals surface area contributed by atoms with Gasteiger partial charge in [0.1, 0.15) is 11.6 Å². The minimum absolute atomic E-state index is 0.0445. The molecule has 2 nitrogen and oxygen atoms in total. The molecule has 0 saturated carbocycles. The minimum Gasteiger partial charge on any atom is -0.299 e. The lowest BCUT2D eigenvalue weighted by Gasteiger charge is -2.15. The normalized spacial score (nSPS) is 11.4. The minimum atomic E-state index is -0.597. The summed E-state index contributed by atoms with van der Waals surface area (Å²) >= 11 is 3.17. The quantitative estimate of drug-likeness (QED) is 0.629. The van der Waals surface area contributed by atoms with Crippen LogP contribution >= 0.6 is 15.9 Å². The summed E-state index contributed by atoms with van der Waals surface area (Å²) in [5.74, 6) is -1.27. The molecule has 0 heterocycles. The van der Waals surface area contributed by atoms with Crippen molar-refractivity contribution >= 4 is 27.5 Å². The van der Waals surface area contributed by atoms with Crippen LogP contribution in [0, 0.1) is 11.2 Å². The summed E-state index contributed by atoms with van der Waals surface area (Å²) < 4.78 is 14.0. The molecule has 0 radical (unpaired) electrons. The first-order valence-electron chi connectivity index (χ1n) is 5.23. The van der Waals surface area contributed by atoms with E-state index in [1.807, 2.05) is 0 Å². The van der Waals surface area contributed by atoms with Gasteiger partial charge >= 0.3 is 0 Å². The molecule has 0 fully saturated rings. The van der Waals surface area contributed by atoms with Crippen LogP contribution < -0.4 is 0 Å². The summed E-state index contributed by atoms with van der Waals surface area (Å²) in [7, 11) is 0. The van der Waals surface area contributed by atoms with Crippen molar-refractivity contribution in [2.24, 2.45) is 5.41 Å². The van der Waals surface area contributed by atoms with E-state index >= 15 is 0 Å². The molecule has 0 aliphatic rings. The van der Waals surface area contributed by atoms with Gasteiger partial charge in [0, 0.05) is 9.89 Å². The van der Waals surface area contributed by atoms with E-state index < -0.39 is 17.0 Å². The van der Waals surface area contributed by atoms with Gasteiger partial charge in [-0.2, -0.15) is 0 Å². The highest BCUT2D eigenvalue weighted by Crippen LogP contribution is 2.21. The zero-order valence-corrected chi connectivity index (χ0v) is 11.6. The van der Waals surface area contributed by atoms with Crippen molar-refractivity contribution in [3.63, 3.8) is 0 Å². The van der Waals surface area contributed by atoms with Gasteiger partial charge in [-0.15, -0.1) is 0 Å². The zero-order valence-electron chi connectivity index (χ0n) is 10.0. The molecule has 0 amide bonds. The van der Waals surface area contributed by atoms with Gasteiger partial charge in [0.15, 0.2) is 5.78 Å². The molecule has 0 bridgehead atoms. The average molecular weight is 301 g/mol. The Labute approximate surface area is 108 Å². The summed E-state index contributed by atoms with van der Waals surface area (Å²) in [4.78, 5) is 23.5. The fraction of sp³-hybridized carbons (Fsp3) is 0.385.